The van der Waals surface area contributed by atoms with Crippen LogP contribution in [0.3, 0.4) is 0 Å². The Morgan fingerprint density at radius 2 is 2.00 bits per heavy atom. The van der Waals surface area contributed by atoms with Crippen molar-refractivity contribution in [3.05, 3.63) is 35.9 Å². The molecule has 0 aliphatic rings. The number of methoxy groups -OCH3 is 1. The summed E-state index contributed by atoms with van der Waals surface area (Å²) in [6, 6.07) is 9.67. The van der Waals surface area contributed by atoms with E-state index in [0.717, 1.165) is 24.8 Å². The van der Waals surface area contributed by atoms with Crippen LogP contribution in [-0.2, 0) is 14.9 Å². The second-order valence-corrected chi connectivity index (χ2v) is 4.25. The highest BCUT2D eigenvalue weighted by atomic mass is 16.5. The van der Waals surface area contributed by atoms with Gasteiger partial charge in [0.25, 0.3) is 0 Å². The lowest BCUT2D eigenvalue weighted by Gasteiger charge is -2.30. The van der Waals surface area contributed by atoms with Gasteiger partial charge in [-0.2, -0.15) is 0 Å². The minimum Gasteiger partial charge on any atom is -0.468 e. The van der Waals surface area contributed by atoms with Crippen LogP contribution in [-0.4, -0.2) is 19.6 Å². The first-order valence-corrected chi connectivity index (χ1v) is 6.05. The zero-order chi connectivity index (χ0) is 12.7. The summed E-state index contributed by atoms with van der Waals surface area (Å²) in [5, 5.41) is 0. The number of nitrogens with two attached hydrogens (primary N) is 1. The van der Waals surface area contributed by atoms with Crippen molar-refractivity contribution in [2.45, 2.75) is 31.6 Å². The first-order valence-electron chi connectivity index (χ1n) is 6.05. The van der Waals surface area contributed by atoms with Crippen molar-refractivity contribution in [1.82, 2.24) is 0 Å². The van der Waals surface area contributed by atoms with Crippen LogP contribution in [0.5, 0.6) is 0 Å². The van der Waals surface area contributed by atoms with Crippen molar-refractivity contribution in [1.29, 1.82) is 0 Å². The first kappa shape index (κ1) is 13.7. The molecule has 94 valence electrons. The number of esters is 1. The maximum atomic E-state index is 12.1. The number of unbranched alkanes of at least 4 members (excludes halogenated alkanes) is 1. The second kappa shape index (κ2) is 6.40. The van der Waals surface area contributed by atoms with E-state index in [-0.39, 0.29) is 12.5 Å². The molecule has 0 heterocycles. The van der Waals surface area contributed by atoms with Gasteiger partial charge >= 0.3 is 5.97 Å². The molecular weight excluding hydrogens is 214 g/mol. The van der Waals surface area contributed by atoms with E-state index < -0.39 is 5.41 Å². The molecule has 1 aromatic carbocycles. The molecule has 1 rings (SSSR count). The summed E-state index contributed by atoms with van der Waals surface area (Å²) < 4.78 is 4.94. The maximum absolute atomic E-state index is 12.1. The van der Waals surface area contributed by atoms with Gasteiger partial charge in [0.1, 0.15) is 5.41 Å². The lowest BCUT2D eigenvalue weighted by Crippen LogP contribution is -2.43. The quantitative estimate of drug-likeness (QED) is 0.769. The van der Waals surface area contributed by atoms with E-state index >= 15 is 0 Å². The molecule has 1 unspecified atom stereocenters. The van der Waals surface area contributed by atoms with Crippen molar-refractivity contribution < 1.29 is 9.53 Å². The SMILES string of the molecule is CCCCC(CN)(C(=O)OC)c1ccccc1. The summed E-state index contributed by atoms with van der Waals surface area (Å²) in [6.45, 7) is 2.38. The third kappa shape index (κ3) is 2.86. The Labute approximate surface area is 103 Å². The van der Waals surface area contributed by atoms with Gasteiger partial charge in [0.15, 0.2) is 0 Å². The van der Waals surface area contributed by atoms with Crippen LogP contribution in [0, 0.1) is 0 Å². The van der Waals surface area contributed by atoms with Crippen LogP contribution in [0.1, 0.15) is 31.7 Å². The molecule has 0 saturated carbocycles. The van der Waals surface area contributed by atoms with Crippen LogP contribution < -0.4 is 5.73 Å². The summed E-state index contributed by atoms with van der Waals surface area (Å²) in [5.41, 5.74) is 6.11. The minimum absolute atomic E-state index is 0.236. The predicted molar refractivity (Wildman–Crippen MR) is 68.7 cm³/mol. The topological polar surface area (TPSA) is 52.3 Å². The molecule has 0 fully saturated rings. The molecule has 17 heavy (non-hydrogen) atoms. The van der Waals surface area contributed by atoms with Gasteiger partial charge in [-0.1, -0.05) is 50.1 Å². The Balaban J connectivity index is 3.11. The molecule has 0 amide bonds. The van der Waals surface area contributed by atoms with E-state index in [0.29, 0.717) is 0 Å². The molecule has 3 heteroatoms. The fourth-order valence-electron chi connectivity index (χ4n) is 2.10. The standard InChI is InChI=1S/C14H21NO2/c1-3-4-10-14(11-15,13(16)17-2)12-8-6-5-7-9-12/h5-9H,3-4,10-11,15H2,1-2H3. The van der Waals surface area contributed by atoms with Gasteiger partial charge in [0.05, 0.1) is 7.11 Å². The van der Waals surface area contributed by atoms with Crippen molar-refractivity contribution in [3.63, 3.8) is 0 Å². The zero-order valence-electron chi connectivity index (χ0n) is 10.6. The van der Waals surface area contributed by atoms with E-state index in [2.05, 4.69) is 6.92 Å². The maximum Gasteiger partial charge on any atom is 0.317 e. The lowest BCUT2D eigenvalue weighted by molar-refractivity contribution is -0.147. The monoisotopic (exact) mass is 235 g/mol. The summed E-state index contributed by atoms with van der Waals surface area (Å²) in [6.07, 6.45) is 2.73. The number of rotatable bonds is 6. The summed E-state index contributed by atoms with van der Waals surface area (Å²) >= 11 is 0. The van der Waals surface area contributed by atoms with Gasteiger partial charge in [0.2, 0.25) is 0 Å². The summed E-state index contributed by atoms with van der Waals surface area (Å²) in [5.74, 6) is -0.236. The third-order valence-electron chi connectivity index (χ3n) is 3.21. The first-order chi connectivity index (χ1) is 8.21. The van der Waals surface area contributed by atoms with E-state index in [1.807, 2.05) is 30.3 Å². The number of ether oxygens (including phenoxy) is 1. The fourth-order valence-corrected chi connectivity index (χ4v) is 2.10. The Morgan fingerprint density at radius 1 is 1.35 bits per heavy atom. The largest absolute Gasteiger partial charge is 0.468 e. The molecule has 3 nitrogen and oxygen atoms in total. The van der Waals surface area contributed by atoms with E-state index in [1.165, 1.54) is 7.11 Å². The normalized spacial score (nSPS) is 14.1. The molecule has 0 spiro atoms. The molecule has 1 aromatic rings. The number of benzene rings is 1. The molecule has 2 N–H and O–H groups in total. The molecule has 0 aliphatic carbocycles. The average molecular weight is 235 g/mol. The van der Waals surface area contributed by atoms with Crippen LogP contribution >= 0.6 is 0 Å². The Morgan fingerprint density at radius 3 is 2.47 bits per heavy atom. The van der Waals surface area contributed by atoms with Gasteiger partial charge in [-0.15, -0.1) is 0 Å². The average Bonchev–Trinajstić information content (AvgIpc) is 2.41. The number of hydrogen-bond acceptors (Lipinski definition) is 3. The van der Waals surface area contributed by atoms with Gasteiger partial charge in [0, 0.05) is 6.54 Å². The predicted octanol–water partition coefficient (Wildman–Crippen LogP) is 2.25. The zero-order valence-corrected chi connectivity index (χ0v) is 10.6. The van der Waals surface area contributed by atoms with E-state index in [9.17, 15) is 4.79 Å². The smallest absolute Gasteiger partial charge is 0.317 e. The number of carbonyl (C=O) groups is 1. The Kier molecular flexibility index (Phi) is 5.16. The van der Waals surface area contributed by atoms with E-state index in [4.69, 9.17) is 10.5 Å². The molecular formula is C14H21NO2. The van der Waals surface area contributed by atoms with Crippen LogP contribution in [0.25, 0.3) is 0 Å². The molecule has 0 bridgehead atoms. The van der Waals surface area contributed by atoms with Gasteiger partial charge in [-0.05, 0) is 12.0 Å². The minimum atomic E-state index is -0.688. The molecule has 0 aromatic heterocycles. The van der Waals surface area contributed by atoms with Crippen molar-refractivity contribution in [3.8, 4) is 0 Å². The van der Waals surface area contributed by atoms with Crippen LogP contribution in [0.15, 0.2) is 30.3 Å². The highest BCUT2D eigenvalue weighted by Crippen LogP contribution is 2.30. The van der Waals surface area contributed by atoms with Crippen LogP contribution in [0.2, 0.25) is 0 Å². The molecule has 1 atom stereocenters. The molecule has 0 saturated heterocycles. The molecule has 0 radical (unpaired) electrons. The van der Waals surface area contributed by atoms with Crippen molar-refractivity contribution >= 4 is 5.97 Å². The molecule has 0 aliphatic heterocycles. The summed E-state index contributed by atoms with van der Waals surface area (Å²) in [7, 11) is 1.42. The lowest BCUT2D eigenvalue weighted by atomic mass is 9.76. The summed E-state index contributed by atoms with van der Waals surface area (Å²) in [4.78, 5) is 12.1. The third-order valence-corrected chi connectivity index (χ3v) is 3.21. The Hall–Kier alpha value is -1.35. The van der Waals surface area contributed by atoms with Gasteiger partial charge < -0.3 is 10.5 Å². The van der Waals surface area contributed by atoms with Crippen LogP contribution in [0.4, 0.5) is 0 Å². The number of carbonyl (C=O) groups excluding carboxylic acids is 1. The number of hydrogen-bond donors (Lipinski definition) is 1. The van der Waals surface area contributed by atoms with Gasteiger partial charge in [-0.25, -0.2) is 0 Å². The Bertz CT molecular complexity index is 350. The van der Waals surface area contributed by atoms with Crippen molar-refractivity contribution in [2.75, 3.05) is 13.7 Å². The highest BCUT2D eigenvalue weighted by molar-refractivity contribution is 5.83. The fraction of sp³-hybridized carbons (Fsp3) is 0.500. The van der Waals surface area contributed by atoms with Gasteiger partial charge in [-0.3, -0.25) is 4.79 Å². The second-order valence-electron chi connectivity index (χ2n) is 4.25. The highest BCUT2D eigenvalue weighted by Gasteiger charge is 2.39. The van der Waals surface area contributed by atoms with Crippen molar-refractivity contribution in [2.24, 2.45) is 5.73 Å². The van der Waals surface area contributed by atoms with E-state index in [1.54, 1.807) is 0 Å².